The molecular formula is C27H29N9O5. The van der Waals surface area contributed by atoms with Gasteiger partial charge in [0.15, 0.2) is 23.5 Å². The summed E-state index contributed by atoms with van der Waals surface area (Å²) in [5, 5.41) is 10.0. The summed E-state index contributed by atoms with van der Waals surface area (Å²) in [5.74, 6) is 1.99. The van der Waals surface area contributed by atoms with Crippen LogP contribution in [-0.2, 0) is 19.8 Å². The quantitative estimate of drug-likeness (QED) is 0.328. The number of carbonyl (C=O) groups excluding carboxylic acids is 2. The van der Waals surface area contributed by atoms with Crippen molar-refractivity contribution >= 4 is 29.2 Å². The van der Waals surface area contributed by atoms with Crippen LogP contribution in [0.1, 0.15) is 55.8 Å². The third-order valence-electron chi connectivity index (χ3n) is 8.12. The van der Waals surface area contributed by atoms with Crippen LogP contribution in [-0.4, -0.2) is 85.1 Å². The first kappa shape index (κ1) is 25.5. The van der Waals surface area contributed by atoms with Crippen molar-refractivity contribution in [2.24, 2.45) is 0 Å². The molecule has 3 aliphatic rings. The molecule has 41 heavy (non-hydrogen) atoms. The van der Waals surface area contributed by atoms with Gasteiger partial charge in [-0.05, 0) is 44.1 Å². The Kier molecular flexibility index (Phi) is 6.14. The van der Waals surface area contributed by atoms with E-state index in [9.17, 15) is 9.59 Å². The van der Waals surface area contributed by atoms with Crippen LogP contribution in [0.5, 0.6) is 0 Å². The summed E-state index contributed by atoms with van der Waals surface area (Å²) in [4.78, 5) is 42.4. The summed E-state index contributed by atoms with van der Waals surface area (Å²) in [5.41, 5.74) is 9.34. The Morgan fingerprint density at radius 2 is 1.85 bits per heavy atom. The molecule has 14 nitrogen and oxygen atoms in total. The molecule has 0 spiro atoms. The van der Waals surface area contributed by atoms with E-state index >= 15 is 0 Å². The average molecular weight is 560 g/mol. The Hall–Kier alpha value is -4.46. The SMILES string of the molecule is CC1(n2nc(-c3noc(C4CC4)c3-c3ncc(C4CCN(C(=O)OCC=O)CC4)cn3)c3c(N)ncnc32)COC1. The number of hydrogen-bond donors (Lipinski definition) is 1. The Morgan fingerprint density at radius 3 is 2.51 bits per heavy atom. The predicted octanol–water partition coefficient (Wildman–Crippen LogP) is 2.66. The van der Waals surface area contributed by atoms with Gasteiger partial charge in [0, 0.05) is 31.4 Å². The fourth-order valence-corrected chi connectivity index (χ4v) is 5.61. The van der Waals surface area contributed by atoms with Crippen molar-refractivity contribution in [1.82, 2.24) is 39.8 Å². The van der Waals surface area contributed by atoms with Crippen molar-refractivity contribution in [2.45, 2.75) is 50.0 Å². The lowest BCUT2D eigenvalue weighted by atomic mass is 9.91. The van der Waals surface area contributed by atoms with Crippen LogP contribution >= 0.6 is 0 Å². The van der Waals surface area contributed by atoms with E-state index in [4.69, 9.17) is 34.8 Å². The second kappa shape index (κ2) is 9.87. The van der Waals surface area contributed by atoms with E-state index in [0.29, 0.717) is 72.2 Å². The Balaban J connectivity index is 1.21. The van der Waals surface area contributed by atoms with Crippen molar-refractivity contribution in [3.63, 3.8) is 0 Å². The molecule has 6 heterocycles. The number of amides is 1. The van der Waals surface area contributed by atoms with Crippen molar-refractivity contribution in [3.8, 4) is 22.8 Å². The van der Waals surface area contributed by atoms with Gasteiger partial charge in [-0.3, -0.25) is 4.79 Å². The topological polar surface area (TPSA) is 177 Å². The van der Waals surface area contributed by atoms with Gasteiger partial charge in [0.1, 0.15) is 35.7 Å². The zero-order valence-electron chi connectivity index (χ0n) is 22.5. The minimum absolute atomic E-state index is 0.200. The number of aldehydes is 1. The number of likely N-dealkylation sites (tertiary alicyclic amines) is 1. The van der Waals surface area contributed by atoms with Gasteiger partial charge in [0.2, 0.25) is 0 Å². The van der Waals surface area contributed by atoms with Crippen LogP contribution in [0.15, 0.2) is 23.2 Å². The zero-order chi connectivity index (χ0) is 28.1. The highest BCUT2D eigenvalue weighted by Crippen LogP contribution is 2.48. The number of rotatable bonds is 7. The summed E-state index contributed by atoms with van der Waals surface area (Å²) >= 11 is 0. The molecule has 7 rings (SSSR count). The van der Waals surface area contributed by atoms with Gasteiger partial charge in [-0.15, -0.1) is 0 Å². The minimum Gasteiger partial charge on any atom is -0.442 e. The summed E-state index contributed by atoms with van der Waals surface area (Å²) in [7, 11) is 0. The standard InChI is InChI=1S/C27H29N9O5/c1-27(12-39-13-27)36-25-19(23(28)31-14-32-25)20(33-36)21-18(22(41-34-21)16-2-3-16)24-29-10-17(11-30-24)15-4-6-35(7-5-15)26(38)40-9-8-37/h8,10-11,14-16H,2-7,9,12-13H2,1H3,(H2,28,31,32). The number of ether oxygens (including phenoxy) is 2. The lowest BCUT2D eigenvalue weighted by Crippen LogP contribution is -2.49. The molecule has 1 saturated carbocycles. The fourth-order valence-electron chi connectivity index (χ4n) is 5.61. The molecule has 2 N–H and O–H groups in total. The highest BCUT2D eigenvalue weighted by molar-refractivity contribution is 6.00. The molecule has 1 amide bonds. The number of hydrogen-bond acceptors (Lipinski definition) is 12. The maximum atomic E-state index is 12.1. The van der Waals surface area contributed by atoms with E-state index in [1.165, 1.54) is 6.33 Å². The molecule has 2 aliphatic heterocycles. The van der Waals surface area contributed by atoms with E-state index in [1.807, 2.05) is 17.1 Å². The minimum atomic E-state index is -0.463. The summed E-state index contributed by atoms with van der Waals surface area (Å²) in [6.07, 6.45) is 8.71. The van der Waals surface area contributed by atoms with E-state index in [2.05, 4.69) is 22.0 Å². The monoisotopic (exact) mass is 559 g/mol. The molecular weight excluding hydrogens is 530 g/mol. The summed E-state index contributed by atoms with van der Waals surface area (Å²) in [6, 6.07) is 0. The van der Waals surface area contributed by atoms with E-state index in [-0.39, 0.29) is 24.0 Å². The van der Waals surface area contributed by atoms with Crippen LogP contribution in [0.25, 0.3) is 33.8 Å². The zero-order valence-corrected chi connectivity index (χ0v) is 22.5. The van der Waals surface area contributed by atoms with Crippen LogP contribution in [0.3, 0.4) is 0 Å². The second-order valence-corrected chi connectivity index (χ2v) is 11.1. The second-order valence-electron chi connectivity index (χ2n) is 11.1. The summed E-state index contributed by atoms with van der Waals surface area (Å²) in [6.45, 7) is 3.92. The fraction of sp³-hybridized carbons (Fsp3) is 0.481. The molecule has 14 heteroatoms. The molecule has 212 valence electrons. The van der Waals surface area contributed by atoms with Gasteiger partial charge >= 0.3 is 6.09 Å². The first-order chi connectivity index (χ1) is 20.0. The van der Waals surface area contributed by atoms with Crippen LogP contribution in [0, 0.1) is 0 Å². The lowest BCUT2D eigenvalue weighted by Gasteiger charge is -2.38. The normalized spacial score (nSPS) is 18.8. The smallest absolute Gasteiger partial charge is 0.410 e. The molecule has 2 saturated heterocycles. The molecule has 1 aliphatic carbocycles. The first-order valence-electron chi connectivity index (χ1n) is 13.7. The van der Waals surface area contributed by atoms with Crippen molar-refractivity contribution in [1.29, 1.82) is 0 Å². The van der Waals surface area contributed by atoms with E-state index < -0.39 is 6.09 Å². The van der Waals surface area contributed by atoms with Gasteiger partial charge in [0.05, 0.1) is 24.2 Å². The Bertz CT molecular complexity index is 1620. The third kappa shape index (κ3) is 4.38. The third-order valence-corrected chi connectivity index (χ3v) is 8.12. The van der Waals surface area contributed by atoms with E-state index in [0.717, 1.165) is 37.0 Å². The number of anilines is 1. The molecule has 0 radical (unpaired) electrons. The predicted molar refractivity (Wildman–Crippen MR) is 144 cm³/mol. The number of nitrogens with two attached hydrogens (primary N) is 1. The average Bonchev–Trinajstić information content (AvgIpc) is 3.61. The highest BCUT2D eigenvalue weighted by Gasteiger charge is 2.41. The maximum Gasteiger partial charge on any atom is 0.410 e. The van der Waals surface area contributed by atoms with Gasteiger partial charge in [0.25, 0.3) is 0 Å². The van der Waals surface area contributed by atoms with Gasteiger partial charge in [-0.1, -0.05) is 5.16 Å². The number of nitrogens with zero attached hydrogens (tertiary/aromatic N) is 8. The summed E-state index contributed by atoms with van der Waals surface area (Å²) < 4.78 is 18.2. The van der Waals surface area contributed by atoms with Crippen molar-refractivity contribution < 1.29 is 23.6 Å². The number of carbonyl (C=O) groups is 2. The lowest BCUT2D eigenvalue weighted by molar-refractivity contribution is -0.110. The van der Waals surface area contributed by atoms with Crippen LogP contribution < -0.4 is 5.73 Å². The molecule has 0 bridgehead atoms. The molecule has 4 aromatic rings. The Labute approximate surface area is 234 Å². The maximum absolute atomic E-state index is 12.1. The molecule has 3 fully saturated rings. The highest BCUT2D eigenvalue weighted by atomic mass is 16.6. The van der Waals surface area contributed by atoms with Crippen molar-refractivity contribution in [3.05, 3.63) is 30.0 Å². The van der Waals surface area contributed by atoms with Gasteiger partial charge < -0.3 is 24.6 Å². The Morgan fingerprint density at radius 1 is 1.10 bits per heavy atom. The number of piperidine rings is 1. The van der Waals surface area contributed by atoms with Crippen molar-refractivity contribution in [2.75, 3.05) is 38.6 Å². The van der Waals surface area contributed by atoms with Crippen LogP contribution in [0.2, 0.25) is 0 Å². The number of fused-ring (bicyclic) bond motifs is 1. The first-order valence-corrected chi connectivity index (χ1v) is 13.7. The molecule has 0 atom stereocenters. The molecule has 4 aromatic heterocycles. The molecule has 0 aromatic carbocycles. The van der Waals surface area contributed by atoms with E-state index in [1.54, 1.807) is 4.90 Å². The number of aromatic nitrogens is 7. The molecule has 0 unspecified atom stereocenters. The number of nitrogen functional groups attached to an aromatic ring is 1. The van der Waals surface area contributed by atoms with Gasteiger partial charge in [-0.2, -0.15) is 5.10 Å². The largest absolute Gasteiger partial charge is 0.442 e. The van der Waals surface area contributed by atoms with Gasteiger partial charge in [-0.25, -0.2) is 29.4 Å². The van der Waals surface area contributed by atoms with Crippen LogP contribution in [0.4, 0.5) is 10.6 Å².